The van der Waals surface area contributed by atoms with Crippen LogP contribution in [0.5, 0.6) is 11.5 Å². The molecule has 0 saturated heterocycles. The first-order valence-electron chi connectivity index (χ1n) is 7.19. The minimum atomic E-state index is -0.475. The Hall–Kier alpha value is -2.14. The van der Waals surface area contributed by atoms with Crippen molar-refractivity contribution in [3.05, 3.63) is 70.1 Å². The second-order valence-electron chi connectivity index (χ2n) is 5.15. The molecule has 1 aliphatic heterocycles. The Morgan fingerprint density at radius 2 is 1.78 bits per heavy atom. The van der Waals surface area contributed by atoms with Gasteiger partial charge in [0.1, 0.15) is 30.6 Å². The zero-order chi connectivity index (χ0) is 16.2. The van der Waals surface area contributed by atoms with Crippen molar-refractivity contribution in [3.63, 3.8) is 0 Å². The van der Waals surface area contributed by atoms with E-state index in [9.17, 15) is 0 Å². The summed E-state index contributed by atoms with van der Waals surface area (Å²) in [5.41, 5.74) is 2.93. The predicted octanol–water partition coefficient (Wildman–Crippen LogP) is 4.86. The number of methoxy groups -OCH3 is 1. The molecule has 4 nitrogen and oxygen atoms in total. The molecule has 0 fully saturated rings. The summed E-state index contributed by atoms with van der Waals surface area (Å²) in [6, 6.07) is 11.8. The van der Waals surface area contributed by atoms with Gasteiger partial charge in [0.05, 0.1) is 12.7 Å². The molecule has 0 N–H and O–H groups in total. The average molecular weight is 377 g/mol. The molecule has 3 rings (SSSR count). The standard InChI is InChI=1S/C18H17BrO4/c1-12-9-14(19)10-16(18-21-7-8-22-18)17(12)23-11-13-3-5-15(20-2)6-4-13/h3-10,18H,11H2,1-2H3. The summed E-state index contributed by atoms with van der Waals surface area (Å²) in [7, 11) is 1.65. The third-order valence-electron chi connectivity index (χ3n) is 3.52. The molecule has 0 radical (unpaired) electrons. The smallest absolute Gasteiger partial charge is 0.269 e. The Bertz CT molecular complexity index is 702. The minimum Gasteiger partial charge on any atom is -0.497 e. The summed E-state index contributed by atoms with van der Waals surface area (Å²) in [5.74, 6) is 1.60. The van der Waals surface area contributed by atoms with Gasteiger partial charge >= 0.3 is 0 Å². The second kappa shape index (κ2) is 6.96. The van der Waals surface area contributed by atoms with E-state index in [4.69, 9.17) is 18.9 Å². The van der Waals surface area contributed by atoms with Crippen molar-refractivity contribution in [1.82, 2.24) is 0 Å². The highest BCUT2D eigenvalue weighted by Crippen LogP contribution is 2.37. The largest absolute Gasteiger partial charge is 0.497 e. The van der Waals surface area contributed by atoms with E-state index in [1.54, 1.807) is 7.11 Å². The number of benzene rings is 2. The van der Waals surface area contributed by atoms with Gasteiger partial charge in [-0.2, -0.15) is 0 Å². The molecule has 0 aliphatic carbocycles. The van der Waals surface area contributed by atoms with Crippen LogP contribution in [0.25, 0.3) is 0 Å². The maximum absolute atomic E-state index is 6.05. The lowest BCUT2D eigenvalue weighted by molar-refractivity contribution is -0.0267. The van der Waals surface area contributed by atoms with Crippen LogP contribution in [-0.4, -0.2) is 7.11 Å². The first-order chi connectivity index (χ1) is 11.2. The molecule has 0 unspecified atom stereocenters. The lowest BCUT2D eigenvalue weighted by Crippen LogP contribution is -2.05. The first kappa shape index (κ1) is 15.7. The van der Waals surface area contributed by atoms with Gasteiger partial charge in [0, 0.05) is 4.47 Å². The molecule has 120 valence electrons. The van der Waals surface area contributed by atoms with Crippen LogP contribution in [0.1, 0.15) is 23.0 Å². The van der Waals surface area contributed by atoms with Crippen LogP contribution >= 0.6 is 15.9 Å². The molecule has 0 amide bonds. The zero-order valence-corrected chi connectivity index (χ0v) is 14.5. The molecule has 5 heteroatoms. The third-order valence-corrected chi connectivity index (χ3v) is 3.98. The van der Waals surface area contributed by atoms with Crippen LogP contribution in [0.15, 0.2) is 53.4 Å². The van der Waals surface area contributed by atoms with E-state index >= 15 is 0 Å². The quantitative estimate of drug-likeness (QED) is 0.746. The Kier molecular flexibility index (Phi) is 4.76. The number of ether oxygens (including phenoxy) is 4. The van der Waals surface area contributed by atoms with Crippen LogP contribution in [-0.2, 0) is 16.1 Å². The van der Waals surface area contributed by atoms with E-state index in [1.807, 2.05) is 43.3 Å². The zero-order valence-electron chi connectivity index (χ0n) is 12.9. The lowest BCUT2D eigenvalue weighted by atomic mass is 10.1. The van der Waals surface area contributed by atoms with Gasteiger partial charge in [-0.05, 0) is 42.3 Å². The minimum absolute atomic E-state index is 0.458. The molecule has 0 aromatic heterocycles. The summed E-state index contributed by atoms with van der Waals surface area (Å²) in [6.45, 7) is 2.46. The van der Waals surface area contributed by atoms with Crippen molar-refractivity contribution in [2.24, 2.45) is 0 Å². The Morgan fingerprint density at radius 3 is 2.43 bits per heavy atom. The number of rotatable bonds is 5. The molecule has 2 aromatic rings. The maximum Gasteiger partial charge on any atom is 0.269 e. The van der Waals surface area contributed by atoms with Crippen molar-refractivity contribution >= 4 is 15.9 Å². The molecular weight excluding hydrogens is 360 g/mol. The molecular formula is C18H17BrO4. The lowest BCUT2D eigenvalue weighted by Gasteiger charge is -2.18. The van der Waals surface area contributed by atoms with Crippen molar-refractivity contribution in [1.29, 1.82) is 0 Å². The van der Waals surface area contributed by atoms with Crippen molar-refractivity contribution in [2.45, 2.75) is 19.8 Å². The highest BCUT2D eigenvalue weighted by atomic mass is 79.9. The Morgan fingerprint density at radius 1 is 1.09 bits per heavy atom. The molecule has 23 heavy (non-hydrogen) atoms. The van der Waals surface area contributed by atoms with Crippen LogP contribution in [0.4, 0.5) is 0 Å². The monoisotopic (exact) mass is 376 g/mol. The highest BCUT2D eigenvalue weighted by Gasteiger charge is 2.22. The number of aryl methyl sites for hydroxylation is 1. The molecule has 0 atom stereocenters. The van der Waals surface area contributed by atoms with Gasteiger partial charge in [0.2, 0.25) is 0 Å². The summed E-state index contributed by atoms with van der Waals surface area (Å²) < 4.78 is 23.1. The highest BCUT2D eigenvalue weighted by molar-refractivity contribution is 9.10. The molecule has 0 saturated carbocycles. The number of halogens is 1. The van der Waals surface area contributed by atoms with E-state index in [0.29, 0.717) is 6.61 Å². The van der Waals surface area contributed by atoms with E-state index < -0.39 is 6.29 Å². The Labute approximate surface area is 143 Å². The van der Waals surface area contributed by atoms with Crippen LogP contribution in [0, 0.1) is 6.92 Å². The molecule has 1 aliphatic rings. The average Bonchev–Trinajstić information content (AvgIpc) is 3.08. The summed E-state index contributed by atoms with van der Waals surface area (Å²) in [6.07, 6.45) is 2.60. The van der Waals surface area contributed by atoms with Gasteiger partial charge in [0.25, 0.3) is 6.29 Å². The SMILES string of the molecule is COc1ccc(COc2c(C)cc(Br)cc2C2OC=CO2)cc1. The van der Waals surface area contributed by atoms with Crippen LogP contribution in [0.2, 0.25) is 0 Å². The fourth-order valence-corrected chi connectivity index (χ4v) is 2.98. The fourth-order valence-electron chi connectivity index (χ4n) is 2.39. The van der Waals surface area contributed by atoms with E-state index in [-0.39, 0.29) is 0 Å². The predicted molar refractivity (Wildman–Crippen MR) is 90.3 cm³/mol. The number of hydrogen-bond donors (Lipinski definition) is 0. The second-order valence-corrected chi connectivity index (χ2v) is 6.07. The van der Waals surface area contributed by atoms with Gasteiger partial charge in [-0.25, -0.2) is 0 Å². The summed E-state index contributed by atoms with van der Waals surface area (Å²) in [4.78, 5) is 0. The van der Waals surface area contributed by atoms with Gasteiger partial charge < -0.3 is 18.9 Å². The normalized spacial score (nSPS) is 13.5. The third kappa shape index (κ3) is 3.62. The van der Waals surface area contributed by atoms with Gasteiger partial charge in [-0.3, -0.25) is 0 Å². The molecule has 0 spiro atoms. The van der Waals surface area contributed by atoms with Crippen LogP contribution < -0.4 is 9.47 Å². The topological polar surface area (TPSA) is 36.9 Å². The van der Waals surface area contributed by atoms with E-state index in [2.05, 4.69) is 15.9 Å². The first-order valence-corrected chi connectivity index (χ1v) is 7.98. The summed E-state index contributed by atoms with van der Waals surface area (Å²) in [5, 5.41) is 0. The molecule has 1 heterocycles. The van der Waals surface area contributed by atoms with Gasteiger partial charge in [-0.15, -0.1) is 0 Å². The van der Waals surface area contributed by atoms with Crippen molar-refractivity contribution in [2.75, 3.05) is 7.11 Å². The van der Waals surface area contributed by atoms with E-state index in [0.717, 1.165) is 32.7 Å². The van der Waals surface area contributed by atoms with Gasteiger partial charge in [-0.1, -0.05) is 28.1 Å². The maximum atomic E-state index is 6.05. The van der Waals surface area contributed by atoms with Crippen molar-refractivity contribution < 1.29 is 18.9 Å². The van der Waals surface area contributed by atoms with Crippen LogP contribution in [0.3, 0.4) is 0 Å². The fraction of sp³-hybridized carbons (Fsp3) is 0.222. The molecule has 0 bridgehead atoms. The Balaban J connectivity index is 1.80. The van der Waals surface area contributed by atoms with E-state index in [1.165, 1.54) is 12.5 Å². The summed E-state index contributed by atoms with van der Waals surface area (Å²) >= 11 is 3.51. The molecule has 2 aromatic carbocycles. The van der Waals surface area contributed by atoms with Crippen molar-refractivity contribution in [3.8, 4) is 11.5 Å². The number of hydrogen-bond acceptors (Lipinski definition) is 4. The van der Waals surface area contributed by atoms with Gasteiger partial charge in [0.15, 0.2) is 0 Å².